The van der Waals surface area contributed by atoms with E-state index in [9.17, 15) is 0 Å². The van der Waals surface area contributed by atoms with E-state index in [4.69, 9.17) is 9.15 Å². The van der Waals surface area contributed by atoms with Gasteiger partial charge in [-0.1, -0.05) is 42.5 Å². The van der Waals surface area contributed by atoms with Gasteiger partial charge in [0.15, 0.2) is 0 Å². The van der Waals surface area contributed by atoms with E-state index >= 15 is 0 Å². The lowest BCUT2D eigenvalue weighted by atomic mass is 10.0. The Kier molecular flexibility index (Phi) is 4.09. The van der Waals surface area contributed by atoms with Crippen molar-refractivity contribution in [3.05, 3.63) is 78.4 Å². The number of ether oxygens (including phenoxy) is 1. The molecule has 0 unspecified atom stereocenters. The highest BCUT2D eigenvalue weighted by Crippen LogP contribution is 2.33. The van der Waals surface area contributed by atoms with Crippen LogP contribution in [0.2, 0.25) is 0 Å². The monoisotopic (exact) mass is 368 g/mol. The summed E-state index contributed by atoms with van der Waals surface area (Å²) < 4.78 is 11.5. The van der Waals surface area contributed by atoms with Gasteiger partial charge in [0.1, 0.15) is 22.9 Å². The van der Waals surface area contributed by atoms with E-state index in [0.29, 0.717) is 0 Å². The van der Waals surface area contributed by atoms with Crippen LogP contribution in [-0.2, 0) is 0 Å². The van der Waals surface area contributed by atoms with Gasteiger partial charge in [-0.25, -0.2) is 0 Å². The van der Waals surface area contributed by atoms with Crippen molar-refractivity contribution in [2.24, 2.45) is 4.99 Å². The van der Waals surface area contributed by atoms with E-state index in [1.165, 1.54) is 0 Å². The summed E-state index contributed by atoms with van der Waals surface area (Å²) in [6.45, 7) is 1.70. The van der Waals surface area contributed by atoms with E-state index in [-0.39, 0.29) is 0 Å². The Morgan fingerprint density at radius 1 is 0.893 bits per heavy atom. The smallest absolute Gasteiger partial charge is 0.136 e. The fraction of sp³-hybridized carbons (Fsp3) is 0.125. The predicted molar refractivity (Wildman–Crippen MR) is 113 cm³/mol. The van der Waals surface area contributed by atoms with Gasteiger partial charge in [-0.2, -0.15) is 0 Å². The van der Waals surface area contributed by atoms with Gasteiger partial charge < -0.3 is 14.5 Å². The Morgan fingerprint density at radius 2 is 1.75 bits per heavy atom. The molecule has 2 heterocycles. The minimum absolute atomic E-state index is 0.813. The van der Waals surface area contributed by atoms with E-state index in [1.54, 1.807) is 7.11 Å². The largest absolute Gasteiger partial charge is 0.497 e. The first-order valence-electron chi connectivity index (χ1n) is 9.38. The fourth-order valence-corrected chi connectivity index (χ4v) is 3.64. The van der Waals surface area contributed by atoms with Crippen LogP contribution in [0.3, 0.4) is 0 Å². The van der Waals surface area contributed by atoms with Crippen LogP contribution in [0.15, 0.2) is 82.2 Å². The lowest BCUT2D eigenvalue weighted by molar-refractivity contribution is 0.415. The summed E-state index contributed by atoms with van der Waals surface area (Å²) in [6.07, 6.45) is 0. The van der Waals surface area contributed by atoms with Gasteiger partial charge in [0, 0.05) is 23.1 Å². The van der Waals surface area contributed by atoms with Crippen LogP contribution in [0.1, 0.15) is 5.56 Å². The first-order valence-corrected chi connectivity index (χ1v) is 9.38. The Hall–Kier alpha value is -3.53. The highest BCUT2D eigenvalue weighted by atomic mass is 16.5. The van der Waals surface area contributed by atoms with Crippen LogP contribution in [0.5, 0.6) is 5.75 Å². The molecule has 0 amide bonds. The summed E-state index contributed by atoms with van der Waals surface area (Å²) in [7, 11) is 1.69. The molecule has 0 radical (unpaired) electrons. The molecule has 4 aromatic rings. The van der Waals surface area contributed by atoms with Gasteiger partial charge in [-0.15, -0.1) is 0 Å². The van der Waals surface area contributed by atoms with Gasteiger partial charge >= 0.3 is 0 Å². The highest BCUT2D eigenvalue weighted by Gasteiger charge is 2.16. The quantitative estimate of drug-likeness (QED) is 0.543. The molecule has 1 N–H and O–H groups in total. The average Bonchev–Trinajstić information content (AvgIpc) is 3.43. The lowest BCUT2D eigenvalue weighted by Gasteiger charge is -2.07. The molecule has 28 heavy (non-hydrogen) atoms. The molecule has 1 aromatic heterocycles. The van der Waals surface area contributed by atoms with Gasteiger partial charge in [-0.05, 0) is 41.5 Å². The number of aliphatic imine (C=N–C) groups is 1. The summed E-state index contributed by atoms with van der Waals surface area (Å²) in [4.78, 5) is 4.57. The number of rotatable bonds is 4. The third kappa shape index (κ3) is 2.93. The number of furan rings is 1. The molecule has 0 spiro atoms. The predicted octanol–water partition coefficient (Wildman–Crippen LogP) is 5.13. The second-order valence-electron chi connectivity index (χ2n) is 6.80. The Labute approximate surface area is 163 Å². The highest BCUT2D eigenvalue weighted by molar-refractivity contribution is 6.05. The summed E-state index contributed by atoms with van der Waals surface area (Å²) >= 11 is 0. The van der Waals surface area contributed by atoms with Gasteiger partial charge in [0.05, 0.1) is 13.7 Å². The molecule has 5 rings (SSSR count). The Morgan fingerprint density at radius 3 is 2.57 bits per heavy atom. The third-order valence-electron chi connectivity index (χ3n) is 5.04. The first-order chi connectivity index (χ1) is 13.8. The maximum absolute atomic E-state index is 6.18. The van der Waals surface area contributed by atoms with E-state index in [2.05, 4.69) is 46.7 Å². The second kappa shape index (κ2) is 6.89. The SMILES string of the molecule is COc1cccc(-c2ccc3oc(-c4ccccc4C4=NCCN4)cc3c2)c1. The minimum atomic E-state index is 0.813. The molecule has 0 atom stereocenters. The van der Waals surface area contributed by atoms with E-state index < -0.39 is 0 Å². The summed E-state index contributed by atoms with van der Waals surface area (Å²) in [5, 5.41) is 4.43. The topological polar surface area (TPSA) is 46.8 Å². The van der Waals surface area contributed by atoms with Crippen molar-refractivity contribution in [2.75, 3.05) is 20.2 Å². The number of nitrogens with zero attached hydrogens (tertiary/aromatic N) is 1. The molecule has 3 aromatic carbocycles. The molecule has 0 aliphatic carbocycles. The Bertz CT molecular complexity index is 1190. The van der Waals surface area contributed by atoms with Crippen LogP contribution < -0.4 is 10.1 Å². The average molecular weight is 368 g/mol. The molecular formula is C24H20N2O2. The molecule has 0 saturated heterocycles. The first kappa shape index (κ1) is 16.6. The summed E-state index contributed by atoms with van der Waals surface area (Å²) in [6, 6.07) is 24.7. The van der Waals surface area contributed by atoms with Crippen molar-refractivity contribution in [3.63, 3.8) is 0 Å². The zero-order valence-corrected chi connectivity index (χ0v) is 15.6. The molecule has 4 heteroatoms. The van der Waals surface area contributed by atoms with Crippen molar-refractivity contribution >= 4 is 16.8 Å². The van der Waals surface area contributed by atoms with Crippen molar-refractivity contribution in [1.29, 1.82) is 0 Å². The molecule has 1 aliphatic heterocycles. The Balaban J connectivity index is 1.58. The maximum Gasteiger partial charge on any atom is 0.136 e. The number of fused-ring (bicyclic) bond motifs is 1. The fourth-order valence-electron chi connectivity index (χ4n) is 3.64. The zero-order chi connectivity index (χ0) is 18.9. The normalized spacial score (nSPS) is 13.4. The van der Waals surface area contributed by atoms with E-state index in [1.807, 2.05) is 36.4 Å². The molecule has 0 saturated carbocycles. The molecule has 138 valence electrons. The van der Waals surface area contributed by atoms with Crippen molar-refractivity contribution in [2.45, 2.75) is 0 Å². The van der Waals surface area contributed by atoms with Crippen LogP contribution in [0.25, 0.3) is 33.4 Å². The third-order valence-corrected chi connectivity index (χ3v) is 5.04. The standard InChI is InChI=1S/C24H20N2O2/c1-27-19-6-4-5-16(14-19)17-9-10-22-18(13-17)15-23(28-22)20-7-2-3-8-21(20)24-25-11-12-26-24/h2-10,13-15H,11-12H2,1H3,(H,25,26). The van der Waals surface area contributed by atoms with Crippen LogP contribution in [0.4, 0.5) is 0 Å². The second-order valence-corrected chi connectivity index (χ2v) is 6.80. The number of benzene rings is 3. The molecule has 0 fully saturated rings. The van der Waals surface area contributed by atoms with E-state index in [0.717, 1.165) is 63.7 Å². The van der Waals surface area contributed by atoms with Gasteiger partial charge in [0.25, 0.3) is 0 Å². The molecule has 0 bridgehead atoms. The van der Waals surface area contributed by atoms with Crippen molar-refractivity contribution < 1.29 is 9.15 Å². The molecule has 1 aliphatic rings. The maximum atomic E-state index is 6.18. The number of amidine groups is 1. The van der Waals surface area contributed by atoms with Crippen LogP contribution >= 0.6 is 0 Å². The van der Waals surface area contributed by atoms with Crippen LogP contribution in [-0.4, -0.2) is 26.0 Å². The summed E-state index contributed by atoms with van der Waals surface area (Å²) in [5.74, 6) is 2.64. The van der Waals surface area contributed by atoms with Crippen LogP contribution in [0, 0.1) is 0 Å². The summed E-state index contributed by atoms with van der Waals surface area (Å²) in [5.41, 5.74) is 5.25. The number of nitrogens with one attached hydrogen (secondary N) is 1. The minimum Gasteiger partial charge on any atom is -0.497 e. The number of methoxy groups -OCH3 is 1. The van der Waals surface area contributed by atoms with Crippen molar-refractivity contribution in [3.8, 4) is 28.2 Å². The number of hydrogen-bond acceptors (Lipinski definition) is 4. The molecule has 4 nitrogen and oxygen atoms in total. The lowest BCUT2D eigenvalue weighted by Crippen LogP contribution is -2.20. The van der Waals surface area contributed by atoms with Gasteiger partial charge in [0.2, 0.25) is 0 Å². The number of hydrogen-bond donors (Lipinski definition) is 1. The van der Waals surface area contributed by atoms with Gasteiger partial charge in [-0.3, -0.25) is 4.99 Å². The zero-order valence-electron chi connectivity index (χ0n) is 15.6. The van der Waals surface area contributed by atoms with Crippen molar-refractivity contribution in [1.82, 2.24) is 5.32 Å². The molecular weight excluding hydrogens is 348 g/mol.